The molecule has 0 aliphatic carbocycles. The van der Waals surface area contributed by atoms with E-state index in [9.17, 15) is 13.7 Å². The molecule has 8 heteroatoms. The van der Waals surface area contributed by atoms with Crippen LogP contribution in [0.2, 0.25) is 5.02 Å². The van der Waals surface area contributed by atoms with Gasteiger partial charge in [0.2, 0.25) is 0 Å². The molecule has 0 spiro atoms. The number of rotatable bonds is 7. The molecule has 3 rings (SSSR count). The zero-order chi connectivity index (χ0) is 25.9. The zero-order valence-electron chi connectivity index (χ0n) is 20.7. The van der Waals surface area contributed by atoms with Crippen LogP contribution in [-0.4, -0.2) is 13.5 Å². The number of benzene rings is 2. The molecular weight excluding hydrogens is 500 g/mol. The van der Waals surface area contributed by atoms with Crippen LogP contribution in [0.1, 0.15) is 81.5 Å². The smallest absolute Gasteiger partial charge is 0.264 e. The van der Waals surface area contributed by atoms with E-state index < -0.39 is 10.1 Å². The standard InChI is InChI=1S/C27H29ClN2O3S2/c1-16(2)19-13-21(17(3)4)27(22(14-19)18(5)6)35(31,32)33-30-26-12-11-25(34-26)23(15-29)20-9-7-8-10-24(20)28/h7-14,16-18H,1-6H3. The SMILES string of the molecule is CC(C)c1cc(C(C)C)c(S(=O)(=O)ON=C2C=CC(=C(C#N)c3ccccc3Cl)S2)c(C(C)C)c1. The first-order valence-corrected chi connectivity index (χ1v) is 14.0. The van der Waals surface area contributed by atoms with Crippen molar-refractivity contribution >= 4 is 44.1 Å². The van der Waals surface area contributed by atoms with Crippen molar-refractivity contribution in [2.24, 2.45) is 5.16 Å². The lowest BCUT2D eigenvalue weighted by atomic mass is 9.89. The van der Waals surface area contributed by atoms with E-state index >= 15 is 0 Å². The predicted molar refractivity (Wildman–Crippen MR) is 145 cm³/mol. The highest BCUT2D eigenvalue weighted by molar-refractivity contribution is 8.18. The third kappa shape index (κ3) is 6.00. The Morgan fingerprint density at radius 3 is 2.11 bits per heavy atom. The van der Waals surface area contributed by atoms with Crippen LogP contribution in [0.5, 0.6) is 0 Å². The summed E-state index contributed by atoms with van der Waals surface area (Å²) in [7, 11) is -4.18. The number of hydrogen-bond acceptors (Lipinski definition) is 6. The van der Waals surface area contributed by atoms with Crippen molar-refractivity contribution < 1.29 is 12.7 Å². The molecule has 1 aliphatic rings. The molecule has 35 heavy (non-hydrogen) atoms. The van der Waals surface area contributed by atoms with Gasteiger partial charge >= 0.3 is 10.1 Å². The van der Waals surface area contributed by atoms with Gasteiger partial charge in [0.05, 0.1) is 5.57 Å². The molecule has 0 unspecified atom stereocenters. The third-order valence-electron chi connectivity index (χ3n) is 5.65. The summed E-state index contributed by atoms with van der Waals surface area (Å²) in [5.74, 6) is 0.230. The fourth-order valence-corrected chi connectivity index (χ4v) is 6.25. The molecular formula is C27H29ClN2O3S2. The molecule has 0 bridgehead atoms. The van der Waals surface area contributed by atoms with Crippen LogP contribution >= 0.6 is 23.4 Å². The van der Waals surface area contributed by atoms with E-state index in [0.717, 1.165) is 28.5 Å². The van der Waals surface area contributed by atoms with Gasteiger partial charge in [0.15, 0.2) is 0 Å². The third-order valence-corrected chi connectivity index (χ3v) is 8.20. The predicted octanol–water partition coefficient (Wildman–Crippen LogP) is 7.97. The van der Waals surface area contributed by atoms with Gasteiger partial charge in [0.25, 0.3) is 0 Å². The van der Waals surface area contributed by atoms with Crippen molar-refractivity contribution in [2.75, 3.05) is 0 Å². The lowest BCUT2D eigenvalue weighted by molar-refractivity contribution is 0.339. The van der Waals surface area contributed by atoms with E-state index in [-0.39, 0.29) is 22.6 Å². The van der Waals surface area contributed by atoms with Gasteiger partial charge in [-0.3, -0.25) is 4.28 Å². The second-order valence-corrected chi connectivity index (χ2v) is 12.2. The number of nitriles is 1. The van der Waals surface area contributed by atoms with Crippen LogP contribution < -0.4 is 0 Å². The largest absolute Gasteiger partial charge is 0.359 e. The maximum atomic E-state index is 13.4. The average molecular weight is 529 g/mol. The molecule has 2 aromatic carbocycles. The minimum absolute atomic E-state index is 0.0173. The quantitative estimate of drug-likeness (QED) is 0.269. The van der Waals surface area contributed by atoms with Gasteiger partial charge in [0.1, 0.15) is 16.0 Å². The number of oxime groups is 1. The van der Waals surface area contributed by atoms with Gasteiger partial charge in [-0.2, -0.15) is 13.7 Å². The van der Waals surface area contributed by atoms with Crippen molar-refractivity contribution in [3.8, 4) is 6.07 Å². The summed E-state index contributed by atoms with van der Waals surface area (Å²) >= 11 is 7.42. The van der Waals surface area contributed by atoms with Gasteiger partial charge in [-0.25, -0.2) is 0 Å². The number of allylic oxidation sites excluding steroid dienone is 2. The monoisotopic (exact) mass is 528 g/mol. The Morgan fingerprint density at radius 1 is 1.00 bits per heavy atom. The van der Waals surface area contributed by atoms with Gasteiger partial charge in [-0.1, -0.05) is 100 Å². The Kier molecular flexibility index (Phi) is 8.53. The summed E-state index contributed by atoms with van der Waals surface area (Å²) in [5, 5.41) is 14.4. The van der Waals surface area contributed by atoms with Gasteiger partial charge in [0, 0.05) is 15.5 Å². The molecule has 0 saturated heterocycles. The van der Waals surface area contributed by atoms with Crippen LogP contribution in [0.15, 0.2) is 63.5 Å². The zero-order valence-corrected chi connectivity index (χ0v) is 23.1. The number of halogens is 1. The molecule has 0 N–H and O–H groups in total. The van der Waals surface area contributed by atoms with Gasteiger partial charge in [-0.15, -0.1) is 0 Å². The maximum absolute atomic E-state index is 13.4. The Bertz CT molecular complexity index is 1340. The molecule has 2 aromatic rings. The molecule has 1 aliphatic heterocycles. The van der Waals surface area contributed by atoms with Crippen molar-refractivity contribution in [3.05, 3.63) is 80.7 Å². The van der Waals surface area contributed by atoms with Crippen LogP contribution in [0.3, 0.4) is 0 Å². The highest BCUT2D eigenvalue weighted by atomic mass is 35.5. The van der Waals surface area contributed by atoms with E-state index in [0.29, 0.717) is 26.1 Å². The van der Waals surface area contributed by atoms with E-state index in [2.05, 4.69) is 25.1 Å². The highest BCUT2D eigenvalue weighted by Gasteiger charge is 2.29. The molecule has 184 valence electrons. The molecule has 5 nitrogen and oxygen atoms in total. The summed E-state index contributed by atoms with van der Waals surface area (Å²) < 4.78 is 32.1. The fourth-order valence-electron chi connectivity index (χ4n) is 3.72. The topological polar surface area (TPSA) is 79.5 Å². The first kappa shape index (κ1) is 27.1. The van der Waals surface area contributed by atoms with E-state index in [1.54, 1.807) is 36.4 Å². The van der Waals surface area contributed by atoms with Crippen LogP contribution in [-0.2, 0) is 14.4 Å². The van der Waals surface area contributed by atoms with E-state index in [1.807, 2.05) is 39.8 Å². The normalized spacial score (nSPS) is 16.4. The Hall–Kier alpha value is -2.53. The molecule has 0 amide bonds. The first-order valence-electron chi connectivity index (χ1n) is 11.4. The molecule has 0 aromatic heterocycles. The highest BCUT2D eigenvalue weighted by Crippen LogP contribution is 2.38. The minimum atomic E-state index is -4.18. The summed E-state index contributed by atoms with van der Waals surface area (Å²) in [6.45, 7) is 12.1. The first-order chi connectivity index (χ1) is 16.5. The van der Waals surface area contributed by atoms with Crippen LogP contribution in [0.4, 0.5) is 0 Å². The fraction of sp³-hybridized carbons (Fsp3) is 0.333. The average Bonchev–Trinajstić information content (AvgIpc) is 3.27. The molecule has 0 radical (unpaired) electrons. The van der Waals surface area contributed by atoms with Crippen LogP contribution in [0, 0.1) is 11.3 Å². The lowest BCUT2D eigenvalue weighted by Crippen LogP contribution is -2.13. The van der Waals surface area contributed by atoms with Crippen molar-refractivity contribution in [2.45, 2.75) is 64.2 Å². The number of thioether (sulfide) groups is 1. The number of hydrogen-bond donors (Lipinski definition) is 0. The summed E-state index contributed by atoms with van der Waals surface area (Å²) in [5.41, 5.74) is 3.53. The van der Waals surface area contributed by atoms with Gasteiger partial charge in [-0.05, 0) is 52.7 Å². The minimum Gasteiger partial charge on any atom is -0.264 e. The summed E-state index contributed by atoms with van der Waals surface area (Å²) in [4.78, 5) is 0.806. The molecule has 0 saturated carbocycles. The van der Waals surface area contributed by atoms with Gasteiger partial charge < -0.3 is 0 Å². The maximum Gasteiger partial charge on any atom is 0.359 e. The second-order valence-electron chi connectivity index (χ2n) is 9.22. The van der Waals surface area contributed by atoms with Crippen molar-refractivity contribution in [1.82, 2.24) is 0 Å². The lowest BCUT2D eigenvalue weighted by Gasteiger charge is -2.21. The second kappa shape index (κ2) is 11.0. The Balaban J connectivity index is 1.98. The van der Waals surface area contributed by atoms with Crippen molar-refractivity contribution in [3.63, 3.8) is 0 Å². The summed E-state index contributed by atoms with van der Waals surface area (Å²) in [6, 6.07) is 13.2. The number of nitrogens with zero attached hydrogens (tertiary/aromatic N) is 2. The molecule has 0 atom stereocenters. The van der Waals surface area contributed by atoms with Crippen molar-refractivity contribution in [1.29, 1.82) is 5.26 Å². The molecule has 0 fully saturated rings. The Labute approximate surface area is 217 Å². The van der Waals surface area contributed by atoms with E-state index in [1.165, 1.54) is 0 Å². The van der Waals surface area contributed by atoms with E-state index in [4.69, 9.17) is 15.9 Å². The summed E-state index contributed by atoms with van der Waals surface area (Å²) in [6.07, 6.45) is 3.33. The molecule has 1 heterocycles. The Morgan fingerprint density at radius 2 is 1.60 bits per heavy atom. The van der Waals surface area contributed by atoms with Crippen LogP contribution in [0.25, 0.3) is 5.57 Å².